The van der Waals surface area contributed by atoms with Crippen LogP contribution in [0.25, 0.3) is 0 Å². The van der Waals surface area contributed by atoms with Crippen molar-refractivity contribution in [1.29, 1.82) is 0 Å². The molecule has 0 aliphatic carbocycles. The Bertz CT molecular complexity index is 1550. The summed E-state index contributed by atoms with van der Waals surface area (Å²) in [5.74, 6) is -2.46. The molecule has 2 saturated heterocycles. The van der Waals surface area contributed by atoms with Gasteiger partial charge in [-0.25, -0.2) is 9.59 Å². The van der Waals surface area contributed by atoms with Gasteiger partial charge < -0.3 is 19.7 Å². The first-order chi connectivity index (χ1) is 20.8. The standard InChI is InChI=1S/C30H30Cl2N4O7S/c1-30(2,3)43-29(41)35-13-5-6-19(16-35)33-25(38)17-7-10-20(11-8-17)36-27(40)23(15-24(37)42-4)44-28(36)34-26(39)21-12-9-18(31)14-22(21)32/h7-12,14-15,19H,5-6,13,16H2,1-4H3,(H,33,38). The maximum atomic E-state index is 13.3. The zero-order valence-corrected chi connectivity index (χ0v) is 26.7. The van der Waals surface area contributed by atoms with E-state index in [9.17, 15) is 24.0 Å². The molecule has 1 unspecified atom stereocenters. The lowest BCUT2D eigenvalue weighted by molar-refractivity contribution is -0.135. The smallest absolute Gasteiger partial charge is 0.410 e. The fraction of sp³-hybridized carbons (Fsp3) is 0.333. The van der Waals surface area contributed by atoms with Gasteiger partial charge in [0.15, 0.2) is 5.17 Å². The molecule has 2 aliphatic rings. The van der Waals surface area contributed by atoms with Crippen LogP contribution >= 0.6 is 35.0 Å². The highest BCUT2D eigenvalue weighted by Gasteiger charge is 2.36. The van der Waals surface area contributed by atoms with Crippen LogP contribution in [-0.4, -0.2) is 71.7 Å². The Balaban J connectivity index is 1.53. The number of anilines is 1. The monoisotopic (exact) mass is 660 g/mol. The third-order valence-electron chi connectivity index (χ3n) is 6.41. The van der Waals surface area contributed by atoms with E-state index in [4.69, 9.17) is 27.9 Å². The van der Waals surface area contributed by atoms with Crippen molar-refractivity contribution in [1.82, 2.24) is 10.2 Å². The van der Waals surface area contributed by atoms with Crippen molar-refractivity contribution in [3.63, 3.8) is 0 Å². The Kier molecular flexibility index (Phi) is 10.4. The number of carbonyl (C=O) groups excluding carboxylic acids is 5. The molecule has 2 aromatic rings. The summed E-state index contributed by atoms with van der Waals surface area (Å²) >= 11 is 12.9. The first-order valence-corrected chi connectivity index (χ1v) is 15.1. The molecular weight excluding hydrogens is 631 g/mol. The van der Waals surface area contributed by atoms with Gasteiger partial charge in [-0.3, -0.25) is 19.3 Å². The third-order valence-corrected chi connectivity index (χ3v) is 7.93. The van der Waals surface area contributed by atoms with E-state index in [2.05, 4.69) is 15.0 Å². The van der Waals surface area contributed by atoms with Gasteiger partial charge >= 0.3 is 12.1 Å². The second-order valence-corrected chi connectivity index (χ2v) is 12.7. The molecular formula is C30H30Cl2N4O7S. The fourth-order valence-corrected chi connectivity index (χ4v) is 5.80. The lowest BCUT2D eigenvalue weighted by Crippen LogP contribution is -2.50. The molecule has 1 atom stereocenters. The van der Waals surface area contributed by atoms with E-state index < -0.39 is 29.5 Å². The Hall–Kier alpha value is -3.87. The summed E-state index contributed by atoms with van der Waals surface area (Å²) in [7, 11) is 1.18. The summed E-state index contributed by atoms with van der Waals surface area (Å²) in [6, 6.07) is 10.1. The number of amidine groups is 1. The number of ether oxygens (including phenoxy) is 2. The third kappa shape index (κ3) is 8.19. The number of nitrogens with one attached hydrogen (secondary N) is 1. The van der Waals surface area contributed by atoms with Crippen molar-refractivity contribution in [2.45, 2.75) is 45.3 Å². The minimum absolute atomic E-state index is 0.0146. The van der Waals surface area contributed by atoms with E-state index in [0.29, 0.717) is 42.2 Å². The molecule has 232 valence electrons. The molecule has 0 bridgehead atoms. The van der Waals surface area contributed by atoms with Crippen LogP contribution < -0.4 is 10.2 Å². The molecule has 0 spiro atoms. The minimum atomic E-state index is -0.755. The van der Waals surface area contributed by atoms with Crippen molar-refractivity contribution in [2.24, 2.45) is 4.99 Å². The van der Waals surface area contributed by atoms with Crippen LogP contribution in [0.1, 0.15) is 54.3 Å². The first kappa shape index (κ1) is 33.0. The van der Waals surface area contributed by atoms with Crippen molar-refractivity contribution in [3.05, 3.63) is 74.6 Å². The van der Waals surface area contributed by atoms with Crippen LogP contribution in [0.15, 0.2) is 58.4 Å². The molecule has 2 fully saturated rings. The zero-order valence-electron chi connectivity index (χ0n) is 24.4. The van der Waals surface area contributed by atoms with E-state index in [1.54, 1.807) is 25.7 Å². The highest BCUT2D eigenvalue weighted by Crippen LogP contribution is 2.35. The number of piperidine rings is 1. The van der Waals surface area contributed by atoms with Gasteiger partial charge in [0.25, 0.3) is 17.7 Å². The second-order valence-electron chi connectivity index (χ2n) is 10.9. The second kappa shape index (κ2) is 13.8. The number of likely N-dealkylation sites (tertiary alicyclic amines) is 1. The highest BCUT2D eigenvalue weighted by molar-refractivity contribution is 8.19. The summed E-state index contributed by atoms with van der Waals surface area (Å²) in [6.07, 6.45) is 1.99. The molecule has 11 nitrogen and oxygen atoms in total. The van der Waals surface area contributed by atoms with Crippen molar-refractivity contribution in [3.8, 4) is 0 Å². The SMILES string of the molecule is COC(=O)C=C1SC(=NC(=O)c2ccc(Cl)cc2Cl)N(c2ccc(C(=O)NC3CCCN(C(=O)OC(C)(C)C)C3)cc2)C1=O. The molecule has 4 amide bonds. The summed E-state index contributed by atoms with van der Waals surface area (Å²) in [5.41, 5.74) is 0.0629. The number of methoxy groups -OCH3 is 1. The predicted octanol–water partition coefficient (Wildman–Crippen LogP) is 5.46. The van der Waals surface area contributed by atoms with Crippen molar-refractivity contribution >= 4 is 75.6 Å². The van der Waals surface area contributed by atoms with Crippen LogP contribution in [-0.2, 0) is 19.1 Å². The lowest BCUT2D eigenvalue weighted by Gasteiger charge is -2.34. The van der Waals surface area contributed by atoms with Crippen LogP contribution in [0.5, 0.6) is 0 Å². The molecule has 2 aromatic carbocycles. The minimum Gasteiger partial charge on any atom is -0.466 e. The molecule has 0 saturated carbocycles. The summed E-state index contributed by atoms with van der Waals surface area (Å²) in [5, 5.41) is 3.35. The van der Waals surface area contributed by atoms with Gasteiger partial charge in [-0.05, 0) is 87.8 Å². The number of nitrogens with zero attached hydrogens (tertiary/aromatic N) is 3. The number of benzene rings is 2. The topological polar surface area (TPSA) is 135 Å². The number of aliphatic imine (C=N–C) groups is 1. The maximum absolute atomic E-state index is 13.3. The number of carbonyl (C=O) groups is 5. The first-order valence-electron chi connectivity index (χ1n) is 13.5. The Morgan fingerprint density at radius 3 is 2.43 bits per heavy atom. The van der Waals surface area contributed by atoms with Gasteiger partial charge in [-0.1, -0.05) is 23.2 Å². The summed E-state index contributed by atoms with van der Waals surface area (Å²) in [6.45, 7) is 6.25. The molecule has 4 rings (SSSR count). The fourth-order valence-electron chi connectivity index (χ4n) is 4.37. The normalized spacial score (nSPS) is 18.9. The molecule has 14 heteroatoms. The largest absolute Gasteiger partial charge is 0.466 e. The Morgan fingerprint density at radius 2 is 1.80 bits per heavy atom. The molecule has 0 radical (unpaired) electrons. The van der Waals surface area contributed by atoms with Crippen LogP contribution in [0.3, 0.4) is 0 Å². The molecule has 0 aromatic heterocycles. The van der Waals surface area contributed by atoms with Gasteiger partial charge in [0.2, 0.25) is 0 Å². The van der Waals surface area contributed by atoms with Gasteiger partial charge in [-0.2, -0.15) is 4.99 Å². The Morgan fingerprint density at radius 1 is 1.09 bits per heavy atom. The molecule has 44 heavy (non-hydrogen) atoms. The summed E-state index contributed by atoms with van der Waals surface area (Å²) < 4.78 is 10.1. The highest BCUT2D eigenvalue weighted by atomic mass is 35.5. The molecule has 1 N–H and O–H groups in total. The van der Waals surface area contributed by atoms with E-state index in [1.807, 2.05) is 0 Å². The van der Waals surface area contributed by atoms with Gasteiger partial charge in [0.05, 0.1) is 28.3 Å². The number of amides is 4. The van der Waals surface area contributed by atoms with Gasteiger partial charge in [-0.15, -0.1) is 0 Å². The van der Waals surface area contributed by atoms with Crippen LogP contribution in [0, 0.1) is 0 Å². The zero-order chi connectivity index (χ0) is 32.2. The Labute approximate surface area is 268 Å². The van der Waals surface area contributed by atoms with Crippen LogP contribution in [0.4, 0.5) is 10.5 Å². The summed E-state index contributed by atoms with van der Waals surface area (Å²) in [4.78, 5) is 70.6. The molecule has 2 heterocycles. The van der Waals surface area contributed by atoms with Crippen molar-refractivity contribution in [2.75, 3.05) is 25.1 Å². The number of hydrogen-bond donors (Lipinski definition) is 1. The van der Waals surface area contributed by atoms with Gasteiger partial charge in [0.1, 0.15) is 5.60 Å². The quantitative estimate of drug-likeness (QED) is 0.330. The number of hydrogen-bond acceptors (Lipinski definition) is 8. The number of halogens is 2. The maximum Gasteiger partial charge on any atom is 0.410 e. The number of esters is 1. The van der Waals surface area contributed by atoms with E-state index in [1.165, 1.54) is 49.6 Å². The lowest BCUT2D eigenvalue weighted by atomic mass is 10.1. The van der Waals surface area contributed by atoms with E-state index in [-0.39, 0.29) is 32.6 Å². The number of rotatable bonds is 5. The van der Waals surface area contributed by atoms with Crippen LogP contribution in [0.2, 0.25) is 10.0 Å². The van der Waals surface area contributed by atoms with Gasteiger partial charge in [0, 0.05) is 35.8 Å². The average molecular weight is 662 g/mol. The molecule has 2 aliphatic heterocycles. The van der Waals surface area contributed by atoms with E-state index >= 15 is 0 Å². The number of thioether (sulfide) groups is 1. The average Bonchev–Trinajstić information content (AvgIpc) is 3.25. The van der Waals surface area contributed by atoms with Crippen molar-refractivity contribution < 1.29 is 33.4 Å². The predicted molar refractivity (Wildman–Crippen MR) is 168 cm³/mol. The van der Waals surface area contributed by atoms with E-state index in [0.717, 1.165) is 22.7 Å².